The molecule has 0 aromatic heterocycles. The molecule has 0 radical (unpaired) electrons. The van der Waals surface area contributed by atoms with Crippen molar-refractivity contribution in [1.82, 2.24) is 5.32 Å². The molecule has 98 valence electrons. The van der Waals surface area contributed by atoms with Gasteiger partial charge in [-0.25, -0.2) is 4.79 Å². The zero-order valence-electron chi connectivity index (χ0n) is 10.9. The number of nitrogens with one attached hydrogen (secondary N) is 1. The third kappa shape index (κ3) is 6.09. The van der Waals surface area contributed by atoms with E-state index in [0.717, 1.165) is 24.8 Å². The van der Waals surface area contributed by atoms with Crippen LogP contribution in [0.2, 0.25) is 0 Å². The number of amides is 1. The van der Waals surface area contributed by atoms with E-state index in [2.05, 4.69) is 11.9 Å². The number of allylic oxidation sites excluding steroid dienone is 1. The molecule has 1 rings (SSSR count). The molecule has 3 nitrogen and oxygen atoms in total. The molecular weight excluding hydrogens is 226 g/mol. The molecule has 0 saturated carbocycles. The van der Waals surface area contributed by atoms with Crippen LogP contribution in [0.25, 0.3) is 0 Å². The Bertz CT molecular complexity index is 362. The average Bonchev–Trinajstić information content (AvgIpc) is 2.38. The number of hydrogen-bond donors (Lipinski definition) is 1. The fraction of sp³-hybridized carbons (Fsp3) is 0.400. The van der Waals surface area contributed by atoms with Gasteiger partial charge in [0.25, 0.3) is 0 Å². The monoisotopic (exact) mass is 247 g/mol. The molecule has 0 aliphatic rings. The summed E-state index contributed by atoms with van der Waals surface area (Å²) >= 11 is 0. The van der Waals surface area contributed by atoms with Crippen molar-refractivity contribution in [2.24, 2.45) is 0 Å². The minimum Gasteiger partial charge on any atom is -0.445 e. The molecule has 1 N–H and O–H groups in total. The number of ether oxygens (including phenoxy) is 1. The SMILES string of the molecule is C=CCCC[C@@H](C)NC(=O)OCc1ccccc1. The summed E-state index contributed by atoms with van der Waals surface area (Å²) in [5.41, 5.74) is 0.993. The summed E-state index contributed by atoms with van der Waals surface area (Å²) in [4.78, 5) is 11.5. The lowest BCUT2D eigenvalue weighted by atomic mass is 10.1. The Hall–Kier alpha value is -1.77. The lowest BCUT2D eigenvalue weighted by Gasteiger charge is -2.13. The first-order valence-corrected chi connectivity index (χ1v) is 6.30. The maximum atomic E-state index is 11.5. The van der Waals surface area contributed by atoms with E-state index in [1.165, 1.54) is 0 Å². The quantitative estimate of drug-likeness (QED) is 0.590. The van der Waals surface area contributed by atoms with Crippen molar-refractivity contribution in [3.05, 3.63) is 48.6 Å². The molecule has 1 aromatic carbocycles. The summed E-state index contributed by atoms with van der Waals surface area (Å²) in [7, 11) is 0. The molecule has 0 aliphatic carbocycles. The second kappa shape index (κ2) is 8.34. The second-order valence-electron chi connectivity index (χ2n) is 4.33. The molecule has 1 amide bonds. The van der Waals surface area contributed by atoms with E-state index >= 15 is 0 Å². The van der Waals surface area contributed by atoms with Gasteiger partial charge in [0.1, 0.15) is 6.61 Å². The fourth-order valence-corrected chi connectivity index (χ4v) is 1.61. The number of benzene rings is 1. The van der Waals surface area contributed by atoms with E-state index in [1.54, 1.807) is 0 Å². The van der Waals surface area contributed by atoms with E-state index < -0.39 is 0 Å². The molecular formula is C15H21NO2. The molecule has 3 heteroatoms. The lowest BCUT2D eigenvalue weighted by molar-refractivity contribution is 0.136. The van der Waals surface area contributed by atoms with Gasteiger partial charge in [0.2, 0.25) is 0 Å². The van der Waals surface area contributed by atoms with Crippen LogP contribution < -0.4 is 5.32 Å². The van der Waals surface area contributed by atoms with E-state index in [-0.39, 0.29) is 12.1 Å². The predicted octanol–water partition coefficient (Wildman–Crippen LogP) is 3.66. The van der Waals surface area contributed by atoms with Crippen LogP contribution in [-0.2, 0) is 11.3 Å². The second-order valence-corrected chi connectivity index (χ2v) is 4.33. The lowest BCUT2D eigenvalue weighted by Crippen LogP contribution is -2.32. The summed E-state index contributed by atoms with van der Waals surface area (Å²) in [5.74, 6) is 0. The Kier molecular flexibility index (Phi) is 6.62. The van der Waals surface area contributed by atoms with Gasteiger partial charge in [0.05, 0.1) is 0 Å². The average molecular weight is 247 g/mol. The normalized spacial score (nSPS) is 11.6. The highest BCUT2D eigenvalue weighted by molar-refractivity contribution is 5.67. The fourth-order valence-electron chi connectivity index (χ4n) is 1.61. The van der Waals surface area contributed by atoms with Crippen molar-refractivity contribution < 1.29 is 9.53 Å². The van der Waals surface area contributed by atoms with Crippen molar-refractivity contribution in [3.8, 4) is 0 Å². The molecule has 1 atom stereocenters. The molecule has 0 aliphatic heterocycles. The number of carbonyl (C=O) groups excluding carboxylic acids is 1. The highest BCUT2D eigenvalue weighted by atomic mass is 16.5. The minimum atomic E-state index is -0.357. The molecule has 18 heavy (non-hydrogen) atoms. The molecule has 0 unspecified atom stereocenters. The third-order valence-electron chi connectivity index (χ3n) is 2.62. The van der Waals surface area contributed by atoms with Crippen molar-refractivity contribution in [2.75, 3.05) is 0 Å². The molecule has 0 spiro atoms. The van der Waals surface area contributed by atoms with Crippen LogP contribution in [-0.4, -0.2) is 12.1 Å². The predicted molar refractivity (Wildman–Crippen MR) is 73.3 cm³/mol. The van der Waals surface area contributed by atoms with E-state index in [9.17, 15) is 4.79 Å². The summed E-state index contributed by atoms with van der Waals surface area (Å²) in [5, 5.41) is 2.81. The molecule has 1 aromatic rings. The van der Waals surface area contributed by atoms with Crippen molar-refractivity contribution in [3.63, 3.8) is 0 Å². The van der Waals surface area contributed by atoms with Gasteiger partial charge in [-0.15, -0.1) is 6.58 Å². The van der Waals surface area contributed by atoms with Gasteiger partial charge in [-0.2, -0.15) is 0 Å². The smallest absolute Gasteiger partial charge is 0.407 e. The largest absolute Gasteiger partial charge is 0.445 e. The maximum Gasteiger partial charge on any atom is 0.407 e. The summed E-state index contributed by atoms with van der Waals surface area (Å²) < 4.78 is 5.13. The van der Waals surface area contributed by atoms with Crippen LogP contribution in [0.1, 0.15) is 31.7 Å². The van der Waals surface area contributed by atoms with Crippen molar-refractivity contribution in [2.45, 2.75) is 38.8 Å². The third-order valence-corrected chi connectivity index (χ3v) is 2.62. The zero-order valence-corrected chi connectivity index (χ0v) is 10.9. The van der Waals surface area contributed by atoms with E-state index in [1.807, 2.05) is 43.3 Å². The van der Waals surface area contributed by atoms with Crippen LogP contribution >= 0.6 is 0 Å². The Morgan fingerprint density at radius 3 is 2.83 bits per heavy atom. The minimum absolute atomic E-state index is 0.133. The van der Waals surface area contributed by atoms with Crippen LogP contribution in [0, 0.1) is 0 Å². The molecule has 0 heterocycles. The molecule has 0 bridgehead atoms. The number of hydrogen-bond acceptors (Lipinski definition) is 2. The van der Waals surface area contributed by atoms with E-state index in [0.29, 0.717) is 6.61 Å². The Morgan fingerprint density at radius 1 is 1.44 bits per heavy atom. The van der Waals surface area contributed by atoms with Gasteiger partial charge in [0, 0.05) is 6.04 Å². The summed E-state index contributed by atoms with van der Waals surface area (Å²) in [6, 6.07) is 9.78. The first-order chi connectivity index (χ1) is 8.72. The van der Waals surface area contributed by atoms with Gasteiger partial charge in [-0.3, -0.25) is 0 Å². The van der Waals surface area contributed by atoms with Crippen LogP contribution in [0.4, 0.5) is 4.79 Å². The van der Waals surface area contributed by atoms with Crippen LogP contribution in [0.3, 0.4) is 0 Å². The van der Waals surface area contributed by atoms with Gasteiger partial charge in [-0.05, 0) is 31.7 Å². The van der Waals surface area contributed by atoms with Gasteiger partial charge in [0.15, 0.2) is 0 Å². The first kappa shape index (κ1) is 14.3. The maximum absolute atomic E-state index is 11.5. The van der Waals surface area contributed by atoms with Gasteiger partial charge in [-0.1, -0.05) is 36.4 Å². The Morgan fingerprint density at radius 2 is 2.17 bits per heavy atom. The van der Waals surface area contributed by atoms with Crippen LogP contribution in [0.15, 0.2) is 43.0 Å². The number of alkyl carbamates (subject to hydrolysis) is 1. The van der Waals surface area contributed by atoms with Gasteiger partial charge < -0.3 is 10.1 Å². The standard InChI is InChI=1S/C15H21NO2/c1-3-4-6-9-13(2)16-15(17)18-12-14-10-7-5-8-11-14/h3,5,7-8,10-11,13H,1,4,6,9,12H2,2H3,(H,16,17)/t13-/m1/s1. The summed E-state index contributed by atoms with van der Waals surface area (Å²) in [6.07, 6.45) is 4.48. The number of unbranched alkanes of at least 4 members (excludes halogenated alkanes) is 1. The summed E-state index contributed by atoms with van der Waals surface area (Å²) in [6.45, 7) is 5.96. The Labute approximate surface area is 109 Å². The number of rotatable bonds is 7. The topological polar surface area (TPSA) is 38.3 Å². The first-order valence-electron chi connectivity index (χ1n) is 6.30. The highest BCUT2D eigenvalue weighted by Gasteiger charge is 2.07. The number of carbonyl (C=O) groups is 1. The highest BCUT2D eigenvalue weighted by Crippen LogP contribution is 2.03. The van der Waals surface area contributed by atoms with Crippen LogP contribution in [0.5, 0.6) is 0 Å². The zero-order chi connectivity index (χ0) is 13.2. The van der Waals surface area contributed by atoms with E-state index in [4.69, 9.17) is 4.74 Å². The van der Waals surface area contributed by atoms with Gasteiger partial charge >= 0.3 is 6.09 Å². The van der Waals surface area contributed by atoms with Crippen molar-refractivity contribution >= 4 is 6.09 Å². The van der Waals surface area contributed by atoms with Crippen molar-refractivity contribution in [1.29, 1.82) is 0 Å². The molecule has 0 saturated heterocycles. The molecule has 0 fully saturated rings. The Balaban J connectivity index is 2.19.